The molecule has 0 saturated heterocycles. The molecule has 4 bridgehead atoms. The topological polar surface area (TPSA) is 73.2 Å². The molecule has 1 atom stereocenters. The minimum Gasteiger partial charge on any atom is -0.466 e. The molecule has 33 heavy (non-hydrogen) atoms. The fourth-order valence-corrected chi connectivity index (χ4v) is 8.26. The van der Waals surface area contributed by atoms with Crippen molar-refractivity contribution in [2.45, 2.75) is 102 Å². The number of aromatic nitrogens is 2. The smallest absolute Gasteiger partial charge is 0.309 e. The van der Waals surface area contributed by atoms with E-state index in [4.69, 9.17) is 9.84 Å². The van der Waals surface area contributed by atoms with Crippen LogP contribution in [0.15, 0.2) is 0 Å². The van der Waals surface area contributed by atoms with Crippen LogP contribution in [-0.2, 0) is 22.4 Å². The molecule has 1 N–H and O–H groups in total. The first-order chi connectivity index (χ1) is 16.1. The summed E-state index contributed by atoms with van der Waals surface area (Å²) in [5.41, 5.74) is 2.82. The fraction of sp³-hybridized carbons (Fsp3) is 0.815. The summed E-state index contributed by atoms with van der Waals surface area (Å²) in [6.45, 7) is 2.26. The van der Waals surface area contributed by atoms with Crippen molar-refractivity contribution < 1.29 is 14.3 Å². The van der Waals surface area contributed by atoms with Gasteiger partial charge in [0.25, 0.3) is 5.91 Å². The Morgan fingerprint density at radius 3 is 2.36 bits per heavy atom. The molecule has 6 aliphatic rings. The molecule has 0 radical (unpaired) electrons. The standard InChI is InChI=1S/C27H39N3O3/c1-2-33-27(32)18-8-9-23-22(15-18)25(30(29-23)21-6-4-3-5-7-21)26(31)28-24-19-11-16-10-17(13-19)14-20(24)12-16/h16-21,24H,2-15H2,1H3,(H,28,31). The highest BCUT2D eigenvalue weighted by atomic mass is 16.5. The third-order valence-electron chi connectivity index (χ3n) is 9.55. The maximum absolute atomic E-state index is 13.9. The average molecular weight is 454 g/mol. The van der Waals surface area contributed by atoms with Gasteiger partial charge in [-0.15, -0.1) is 0 Å². The van der Waals surface area contributed by atoms with Crippen LogP contribution >= 0.6 is 0 Å². The number of nitrogens with zero attached hydrogens (tertiary/aromatic N) is 2. The highest BCUT2D eigenvalue weighted by molar-refractivity contribution is 5.95. The van der Waals surface area contributed by atoms with Gasteiger partial charge in [-0.2, -0.15) is 5.10 Å². The quantitative estimate of drug-likeness (QED) is 0.661. The minimum atomic E-state index is -0.158. The number of rotatable bonds is 5. The van der Waals surface area contributed by atoms with Crippen LogP contribution in [-0.4, -0.2) is 34.3 Å². The number of ether oxygens (including phenoxy) is 1. The fourth-order valence-electron chi connectivity index (χ4n) is 8.26. The minimum absolute atomic E-state index is 0.0660. The second-order valence-electron chi connectivity index (χ2n) is 11.6. The Bertz CT molecular complexity index is 888. The number of esters is 1. The lowest BCUT2D eigenvalue weighted by Gasteiger charge is -2.54. The summed E-state index contributed by atoms with van der Waals surface area (Å²) < 4.78 is 7.43. The van der Waals surface area contributed by atoms with E-state index in [0.29, 0.717) is 36.9 Å². The van der Waals surface area contributed by atoms with Crippen LogP contribution in [0.25, 0.3) is 0 Å². The van der Waals surface area contributed by atoms with Gasteiger partial charge in [-0.3, -0.25) is 14.3 Å². The van der Waals surface area contributed by atoms with E-state index in [0.717, 1.165) is 54.5 Å². The van der Waals surface area contributed by atoms with E-state index in [1.165, 1.54) is 51.4 Å². The number of amides is 1. The molecule has 0 aromatic carbocycles. The van der Waals surface area contributed by atoms with Crippen molar-refractivity contribution in [1.29, 1.82) is 0 Å². The third kappa shape index (κ3) is 3.91. The predicted octanol–water partition coefficient (Wildman–Crippen LogP) is 4.61. The lowest BCUT2D eigenvalue weighted by molar-refractivity contribution is -0.148. The molecule has 5 saturated carbocycles. The summed E-state index contributed by atoms with van der Waals surface area (Å²) in [5.74, 6) is 2.88. The van der Waals surface area contributed by atoms with E-state index in [9.17, 15) is 9.59 Å². The second kappa shape index (κ2) is 8.74. The number of nitrogens with one attached hydrogen (secondary N) is 1. The zero-order valence-corrected chi connectivity index (χ0v) is 20.1. The lowest BCUT2D eigenvalue weighted by atomic mass is 9.54. The number of hydrogen-bond donors (Lipinski definition) is 1. The first kappa shape index (κ1) is 21.7. The Morgan fingerprint density at radius 1 is 1.00 bits per heavy atom. The van der Waals surface area contributed by atoms with Gasteiger partial charge >= 0.3 is 5.97 Å². The van der Waals surface area contributed by atoms with Crippen LogP contribution in [0.4, 0.5) is 0 Å². The van der Waals surface area contributed by atoms with Gasteiger partial charge < -0.3 is 10.1 Å². The number of fused-ring (bicyclic) bond motifs is 1. The molecule has 0 aliphatic heterocycles. The predicted molar refractivity (Wildman–Crippen MR) is 125 cm³/mol. The normalized spacial score (nSPS) is 35.3. The Kier molecular flexibility index (Phi) is 5.74. The van der Waals surface area contributed by atoms with Crippen molar-refractivity contribution in [3.8, 4) is 0 Å². The molecule has 0 spiro atoms. The second-order valence-corrected chi connectivity index (χ2v) is 11.6. The maximum atomic E-state index is 13.9. The summed E-state index contributed by atoms with van der Waals surface area (Å²) in [7, 11) is 0. The summed E-state index contributed by atoms with van der Waals surface area (Å²) in [5, 5.41) is 8.57. The SMILES string of the molecule is CCOC(=O)C1CCc2nn(C3CCCCC3)c(C(=O)NC3C4CC5CC(C4)CC3C5)c2C1. The van der Waals surface area contributed by atoms with Crippen LogP contribution in [0.3, 0.4) is 0 Å². The van der Waals surface area contributed by atoms with Crippen LogP contribution in [0.5, 0.6) is 0 Å². The number of aryl methyl sites for hydroxylation is 1. The van der Waals surface area contributed by atoms with Gasteiger partial charge in [-0.25, -0.2) is 0 Å². The maximum Gasteiger partial charge on any atom is 0.309 e. The van der Waals surface area contributed by atoms with Crippen molar-refractivity contribution in [2.24, 2.45) is 29.6 Å². The van der Waals surface area contributed by atoms with E-state index >= 15 is 0 Å². The summed E-state index contributed by atoms with van der Waals surface area (Å²) >= 11 is 0. The highest BCUT2D eigenvalue weighted by Gasteiger charge is 2.49. The number of carbonyl (C=O) groups is 2. The summed E-state index contributed by atoms with van der Waals surface area (Å²) in [4.78, 5) is 26.5. The van der Waals surface area contributed by atoms with Crippen LogP contribution in [0.2, 0.25) is 0 Å². The van der Waals surface area contributed by atoms with Crippen LogP contribution < -0.4 is 5.32 Å². The van der Waals surface area contributed by atoms with Gasteiger partial charge in [0.1, 0.15) is 5.69 Å². The zero-order valence-electron chi connectivity index (χ0n) is 20.1. The van der Waals surface area contributed by atoms with Crippen LogP contribution in [0.1, 0.15) is 105 Å². The number of carbonyl (C=O) groups excluding carboxylic acids is 2. The molecule has 1 amide bonds. The lowest BCUT2D eigenvalue weighted by Crippen LogP contribution is -2.56. The molecule has 7 rings (SSSR count). The van der Waals surface area contributed by atoms with Gasteiger partial charge in [0.05, 0.1) is 24.3 Å². The van der Waals surface area contributed by atoms with Crippen molar-refractivity contribution in [1.82, 2.24) is 15.1 Å². The molecular weight excluding hydrogens is 414 g/mol. The molecule has 6 aliphatic carbocycles. The zero-order chi connectivity index (χ0) is 22.5. The van der Waals surface area contributed by atoms with Gasteiger partial charge in [-0.1, -0.05) is 19.3 Å². The number of hydrogen-bond acceptors (Lipinski definition) is 4. The van der Waals surface area contributed by atoms with E-state index in [2.05, 4.69) is 10.00 Å². The Morgan fingerprint density at radius 2 is 1.70 bits per heavy atom. The van der Waals surface area contributed by atoms with Gasteiger partial charge in [0.2, 0.25) is 0 Å². The highest BCUT2D eigenvalue weighted by Crippen LogP contribution is 2.53. The van der Waals surface area contributed by atoms with Crippen molar-refractivity contribution in [3.05, 3.63) is 17.0 Å². The first-order valence-electron chi connectivity index (χ1n) is 13.7. The Hall–Kier alpha value is -1.85. The monoisotopic (exact) mass is 453 g/mol. The molecule has 1 aromatic rings. The van der Waals surface area contributed by atoms with Gasteiger partial charge in [0, 0.05) is 11.6 Å². The summed E-state index contributed by atoms with van der Waals surface area (Å²) in [6, 6.07) is 0.629. The van der Waals surface area contributed by atoms with E-state index in [1.807, 2.05) is 6.92 Å². The largest absolute Gasteiger partial charge is 0.466 e. The third-order valence-corrected chi connectivity index (χ3v) is 9.55. The average Bonchev–Trinajstić information content (AvgIpc) is 3.20. The van der Waals surface area contributed by atoms with Gasteiger partial charge in [-0.05, 0) is 94.8 Å². The molecule has 1 heterocycles. The van der Waals surface area contributed by atoms with Crippen molar-refractivity contribution in [3.63, 3.8) is 0 Å². The summed E-state index contributed by atoms with van der Waals surface area (Å²) in [6.07, 6.45) is 14.6. The Balaban J connectivity index is 1.29. The van der Waals surface area contributed by atoms with Crippen molar-refractivity contribution >= 4 is 11.9 Å². The molecule has 6 heteroatoms. The molecular formula is C27H39N3O3. The molecule has 1 aromatic heterocycles. The Labute approximate surface area is 197 Å². The van der Waals surface area contributed by atoms with E-state index in [-0.39, 0.29) is 17.8 Å². The molecule has 180 valence electrons. The van der Waals surface area contributed by atoms with Gasteiger partial charge in [0.15, 0.2) is 0 Å². The molecule has 5 fully saturated rings. The first-order valence-corrected chi connectivity index (χ1v) is 13.7. The van der Waals surface area contributed by atoms with Crippen LogP contribution in [0, 0.1) is 29.6 Å². The molecule has 6 nitrogen and oxygen atoms in total. The molecule has 1 unspecified atom stereocenters. The van der Waals surface area contributed by atoms with E-state index < -0.39 is 0 Å². The van der Waals surface area contributed by atoms with Crippen molar-refractivity contribution in [2.75, 3.05) is 6.61 Å². The van der Waals surface area contributed by atoms with E-state index in [1.54, 1.807) is 0 Å².